The van der Waals surface area contributed by atoms with Crippen LogP contribution in [0.1, 0.15) is 16.7 Å². The zero-order valence-corrected chi connectivity index (χ0v) is 11.8. The topological polar surface area (TPSA) is 24.9 Å². The van der Waals surface area contributed by atoms with E-state index in [1.165, 1.54) is 21.6 Å². The highest BCUT2D eigenvalue weighted by Gasteiger charge is 2.05. The summed E-state index contributed by atoms with van der Waals surface area (Å²) in [6.45, 7) is 5.13. The first-order valence-corrected chi connectivity index (χ1v) is 6.86. The summed E-state index contributed by atoms with van der Waals surface area (Å²) in [6, 6.07) is 10.6. The number of aryl methyl sites for hydroxylation is 2. The second-order valence-corrected chi connectivity index (χ2v) is 5.41. The first-order chi connectivity index (χ1) is 8.70. The van der Waals surface area contributed by atoms with Gasteiger partial charge in [-0.2, -0.15) is 0 Å². The number of benzene rings is 1. The Labute approximate surface area is 113 Å². The maximum atomic E-state index is 4.47. The molecule has 0 bridgehead atoms. The van der Waals surface area contributed by atoms with Gasteiger partial charge in [0, 0.05) is 17.6 Å². The van der Waals surface area contributed by atoms with E-state index in [1.54, 1.807) is 11.8 Å². The molecule has 0 aliphatic rings. The lowest BCUT2D eigenvalue weighted by Gasteiger charge is -2.08. The van der Waals surface area contributed by atoms with Crippen LogP contribution in [0.4, 0.5) is 0 Å². The highest BCUT2D eigenvalue weighted by atomic mass is 32.2. The summed E-state index contributed by atoms with van der Waals surface area (Å²) in [4.78, 5) is 5.71. The monoisotopic (exact) mass is 258 g/mol. The molecule has 3 heteroatoms. The molecule has 0 atom stereocenters. The van der Waals surface area contributed by atoms with Gasteiger partial charge in [0.2, 0.25) is 0 Å². The van der Waals surface area contributed by atoms with Crippen LogP contribution in [0.2, 0.25) is 0 Å². The molecule has 0 saturated heterocycles. The predicted octanol–water partition coefficient (Wildman–Crippen LogP) is 3.57. The van der Waals surface area contributed by atoms with Crippen LogP contribution < -0.4 is 5.32 Å². The van der Waals surface area contributed by atoms with Crippen molar-refractivity contribution in [2.75, 3.05) is 7.05 Å². The summed E-state index contributed by atoms with van der Waals surface area (Å²) >= 11 is 1.73. The summed E-state index contributed by atoms with van der Waals surface area (Å²) in [5.41, 5.74) is 3.89. The van der Waals surface area contributed by atoms with E-state index in [0.29, 0.717) is 0 Å². The van der Waals surface area contributed by atoms with Crippen LogP contribution in [0.3, 0.4) is 0 Å². The summed E-state index contributed by atoms with van der Waals surface area (Å²) in [5.74, 6) is 0. The Balaban J connectivity index is 2.25. The maximum absolute atomic E-state index is 4.47. The standard InChI is InChI=1S/C15H18N2S/c1-11-6-7-14(9-12(11)2)18-15-13(10-16-3)5-4-8-17-15/h4-9,16H,10H2,1-3H3. The maximum Gasteiger partial charge on any atom is 0.105 e. The summed E-state index contributed by atoms with van der Waals surface area (Å²) in [7, 11) is 1.96. The number of nitrogens with one attached hydrogen (secondary N) is 1. The number of rotatable bonds is 4. The minimum atomic E-state index is 0.848. The second-order valence-electron chi connectivity index (χ2n) is 4.35. The zero-order valence-electron chi connectivity index (χ0n) is 11.0. The van der Waals surface area contributed by atoms with Crippen molar-refractivity contribution < 1.29 is 0 Å². The molecule has 94 valence electrons. The molecule has 0 saturated carbocycles. The van der Waals surface area contributed by atoms with Gasteiger partial charge < -0.3 is 5.32 Å². The molecule has 1 aromatic heterocycles. The third-order valence-corrected chi connectivity index (χ3v) is 3.96. The van der Waals surface area contributed by atoms with Crippen molar-refractivity contribution in [3.63, 3.8) is 0 Å². The summed E-state index contributed by atoms with van der Waals surface area (Å²) in [6.07, 6.45) is 1.85. The fourth-order valence-electron chi connectivity index (χ4n) is 1.73. The van der Waals surface area contributed by atoms with Crippen LogP contribution in [-0.4, -0.2) is 12.0 Å². The molecule has 2 rings (SSSR count). The number of aromatic nitrogens is 1. The Morgan fingerprint density at radius 1 is 1.17 bits per heavy atom. The van der Waals surface area contributed by atoms with Crippen molar-refractivity contribution in [3.05, 3.63) is 53.2 Å². The highest BCUT2D eigenvalue weighted by molar-refractivity contribution is 7.99. The molecule has 1 N–H and O–H groups in total. The number of hydrogen-bond donors (Lipinski definition) is 1. The second kappa shape index (κ2) is 6.03. The zero-order chi connectivity index (χ0) is 13.0. The smallest absolute Gasteiger partial charge is 0.105 e. The van der Waals surface area contributed by atoms with Gasteiger partial charge in [-0.3, -0.25) is 0 Å². The van der Waals surface area contributed by atoms with E-state index < -0.39 is 0 Å². The van der Waals surface area contributed by atoms with Gasteiger partial charge in [-0.05, 0) is 55.8 Å². The van der Waals surface area contributed by atoms with E-state index in [9.17, 15) is 0 Å². The van der Waals surface area contributed by atoms with Gasteiger partial charge >= 0.3 is 0 Å². The number of hydrogen-bond acceptors (Lipinski definition) is 3. The summed E-state index contributed by atoms with van der Waals surface area (Å²) in [5, 5.41) is 4.26. The van der Waals surface area contributed by atoms with Crippen molar-refractivity contribution in [1.82, 2.24) is 10.3 Å². The molecule has 0 aliphatic heterocycles. The third-order valence-electron chi connectivity index (χ3n) is 2.91. The molecular formula is C15H18N2S. The van der Waals surface area contributed by atoms with Crippen LogP contribution in [0.25, 0.3) is 0 Å². The van der Waals surface area contributed by atoms with Gasteiger partial charge in [0.1, 0.15) is 5.03 Å². The van der Waals surface area contributed by atoms with Crippen molar-refractivity contribution in [2.24, 2.45) is 0 Å². The van der Waals surface area contributed by atoms with Crippen molar-refractivity contribution in [1.29, 1.82) is 0 Å². The first kappa shape index (κ1) is 13.1. The largest absolute Gasteiger partial charge is 0.316 e. The molecule has 2 nitrogen and oxygen atoms in total. The SMILES string of the molecule is CNCc1cccnc1Sc1ccc(C)c(C)c1. The van der Waals surface area contributed by atoms with Crippen molar-refractivity contribution in [3.8, 4) is 0 Å². The lowest BCUT2D eigenvalue weighted by molar-refractivity contribution is 0.790. The molecular weight excluding hydrogens is 240 g/mol. The van der Waals surface area contributed by atoms with E-state index >= 15 is 0 Å². The quantitative estimate of drug-likeness (QED) is 0.907. The fraction of sp³-hybridized carbons (Fsp3) is 0.267. The number of pyridine rings is 1. The lowest BCUT2D eigenvalue weighted by Crippen LogP contribution is -2.06. The molecule has 1 aromatic carbocycles. The lowest BCUT2D eigenvalue weighted by atomic mass is 10.1. The van der Waals surface area contributed by atoms with Crippen LogP contribution in [0.5, 0.6) is 0 Å². The Morgan fingerprint density at radius 2 is 2.00 bits per heavy atom. The Morgan fingerprint density at radius 3 is 2.72 bits per heavy atom. The minimum Gasteiger partial charge on any atom is -0.316 e. The van der Waals surface area contributed by atoms with Gasteiger partial charge in [-0.15, -0.1) is 0 Å². The molecule has 0 spiro atoms. The van der Waals surface area contributed by atoms with Gasteiger partial charge in [0.15, 0.2) is 0 Å². The molecule has 0 amide bonds. The van der Waals surface area contributed by atoms with Crippen LogP contribution in [0, 0.1) is 13.8 Å². The van der Waals surface area contributed by atoms with Gasteiger partial charge in [0.25, 0.3) is 0 Å². The Bertz CT molecular complexity index is 538. The number of nitrogens with zero attached hydrogens (tertiary/aromatic N) is 1. The Kier molecular flexibility index (Phi) is 4.39. The molecule has 0 radical (unpaired) electrons. The molecule has 1 heterocycles. The molecule has 2 aromatic rings. The highest BCUT2D eigenvalue weighted by Crippen LogP contribution is 2.29. The van der Waals surface area contributed by atoms with E-state index in [4.69, 9.17) is 0 Å². The van der Waals surface area contributed by atoms with E-state index in [2.05, 4.69) is 48.4 Å². The van der Waals surface area contributed by atoms with E-state index in [-0.39, 0.29) is 0 Å². The van der Waals surface area contributed by atoms with Gasteiger partial charge in [0.05, 0.1) is 0 Å². The minimum absolute atomic E-state index is 0.848. The van der Waals surface area contributed by atoms with Crippen molar-refractivity contribution in [2.45, 2.75) is 30.3 Å². The average molecular weight is 258 g/mol. The average Bonchev–Trinajstić information content (AvgIpc) is 2.37. The fourth-order valence-corrected chi connectivity index (χ4v) is 2.71. The van der Waals surface area contributed by atoms with E-state index in [1.807, 2.05) is 19.3 Å². The van der Waals surface area contributed by atoms with E-state index in [0.717, 1.165) is 11.6 Å². The van der Waals surface area contributed by atoms with Crippen LogP contribution >= 0.6 is 11.8 Å². The Hall–Kier alpha value is -1.32. The van der Waals surface area contributed by atoms with Crippen molar-refractivity contribution >= 4 is 11.8 Å². The van der Waals surface area contributed by atoms with Gasteiger partial charge in [-0.25, -0.2) is 4.98 Å². The molecule has 18 heavy (non-hydrogen) atoms. The van der Waals surface area contributed by atoms with Gasteiger partial charge in [-0.1, -0.05) is 23.9 Å². The first-order valence-electron chi connectivity index (χ1n) is 6.04. The van der Waals surface area contributed by atoms with Crippen LogP contribution in [0.15, 0.2) is 46.5 Å². The molecule has 0 aliphatic carbocycles. The third kappa shape index (κ3) is 3.12. The van der Waals surface area contributed by atoms with Crippen LogP contribution in [-0.2, 0) is 6.54 Å². The normalized spacial score (nSPS) is 10.6. The molecule has 0 unspecified atom stereocenters. The molecule has 0 fully saturated rings. The summed E-state index contributed by atoms with van der Waals surface area (Å²) < 4.78 is 0. The predicted molar refractivity (Wildman–Crippen MR) is 77.0 cm³/mol.